The zero-order valence-corrected chi connectivity index (χ0v) is 13.4. The van der Waals surface area contributed by atoms with Crippen LogP contribution in [0.25, 0.3) is 0 Å². The van der Waals surface area contributed by atoms with Crippen molar-refractivity contribution in [3.63, 3.8) is 0 Å². The molecule has 132 valence electrons. The Bertz CT molecular complexity index is 612. The SMILES string of the molecule is Cl.Nc1ccc(S(=O)(=O)NC2C(O)OC(CO)C(O)C2O)cc1. The highest BCUT2D eigenvalue weighted by Crippen LogP contribution is 2.22. The van der Waals surface area contributed by atoms with E-state index in [1.807, 2.05) is 0 Å². The van der Waals surface area contributed by atoms with Gasteiger partial charge in [0, 0.05) is 5.69 Å². The normalized spacial score (nSPS) is 31.4. The van der Waals surface area contributed by atoms with E-state index in [0.717, 1.165) is 0 Å². The van der Waals surface area contributed by atoms with Crippen LogP contribution in [0.1, 0.15) is 0 Å². The number of rotatable bonds is 4. The van der Waals surface area contributed by atoms with Gasteiger partial charge in [0.1, 0.15) is 24.4 Å². The number of hydrogen-bond acceptors (Lipinski definition) is 8. The molecule has 5 unspecified atom stereocenters. The second kappa shape index (κ2) is 7.73. The highest BCUT2D eigenvalue weighted by Gasteiger charge is 2.45. The van der Waals surface area contributed by atoms with Crippen molar-refractivity contribution in [3.05, 3.63) is 24.3 Å². The van der Waals surface area contributed by atoms with Crippen molar-refractivity contribution in [2.24, 2.45) is 0 Å². The number of hydrogen-bond donors (Lipinski definition) is 6. The molecule has 1 aliphatic heterocycles. The topological polar surface area (TPSA) is 162 Å². The van der Waals surface area contributed by atoms with E-state index in [-0.39, 0.29) is 17.3 Å². The van der Waals surface area contributed by atoms with Crippen LogP contribution in [0.4, 0.5) is 5.69 Å². The number of nitrogen functional groups attached to an aromatic ring is 1. The molecule has 7 N–H and O–H groups in total. The number of halogens is 1. The van der Waals surface area contributed by atoms with Crippen LogP contribution in [0, 0.1) is 0 Å². The van der Waals surface area contributed by atoms with Crippen LogP contribution in [0.3, 0.4) is 0 Å². The van der Waals surface area contributed by atoms with E-state index in [1.165, 1.54) is 24.3 Å². The van der Waals surface area contributed by atoms with E-state index >= 15 is 0 Å². The zero-order valence-electron chi connectivity index (χ0n) is 11.8. The minimum absolute atomic E-state index is 0. The van der Waals surface area contributed by atoms with Gasteiger partial charge in [-0.25, -0.2) is 13.1 Å². The molecular formula is C12H19ClN2O7S. The van der Waals surface area contributed by atoms with Gasteiger partial charge in [0.25, 0.3) is 0 Å². The Balaban J connectivity index is 0.00000264. The van der Waals surface area contributed by atoms with E-state index in [0.29, 0.717) is 5.69 Å². The van der Waals surface area contributed by atoms with Crippen molar-refractivity contribution in [3.8, 4) is 0 Å². The van der Waals surface area contributed by atoms with Crippen molar-refractivity contribution in [2.45, 2.75) is 35.5 Å². The van der Waals surface area contributed by atoms with E-state index in [1.54, 1.807) is 0 Å². The standard InChI is InChI=1S/C12H18N2O7S.ClH/c13-6-1-3-7(4-2-6)22(19,20)14-9-11(17)10(16)8(5-15)21-12(9)18;/h1-4,8-12,14-18H,5,13H2;1H. The van der Waals surface area contributed by atoms with Gasteiger partial charge in [0.2, 0.25) is 10.0 Å². The molecule has 9 nitrogen and oxygen atoms in total. The first-order valence-electron chi connectivity index (χ1n) is 6.44. The minimum Gasteiger partial charge on any atom is -0.399 e. The predicted molar refractivity (Wildman–Crippen MR) is 82.2 cm³/mol. The first kappa shape index (κ1) is 20.1. The lowest BCUT2D eigenvalue weighted by molar-refractivity contribution is -0.251. The summed E-state index contributed by atoms with van der Waals surface area (Å²) in [6.07, 6.45) is -6.13. The van der Waals surface area contributed by atoms with Crippen molar-refractivity contribution in [1.82, 2.24) is 4.72 Å². The van der Waals surface area contributed by atoms with Crippen LogP contribution in [-0.4, -0.2) is 66.1 Å². The van der Waals surface area contributed by atoms with Crippen LogP contribution < -0.4 is 10.5 Å². The summed E-state index contributed by atoms with van der Waals surface area (Å²) < 4.78 is 31.4. The molecule has 5 atom stereocenters. The van der Waals surface area contributed by atoms with E-state index in [4.69, 9.17) is 15.6 Å². The van der Waals surface area contributed by atoms with E-state index < -0.39 is 47.3 Å². The number of anilines is 1. The molecule has 0 bridgehead atoms. The molecule has 1 aromatic rings. The molecule has 0 spiro atoms. The van der Waals surface area contributed by atoms with Crippen molar-refractivity contribution >= 4 is 28.1 Å². The maximum absolute atomic E-state index is 12.2. The van der Waals surface area contributed by atoms with Gasteiger partial charge in [-0.1, -0.05) is 0 Å². The summed E-state index contributed by atoms with van der Waals surface area (Å²) in [5.74, 6) is 0. The smallest absolute Gasteiger partial charge is 0.241 e. The molecular weight excluding hydrogens is 352 g/mol. The molecule has 1 fully saturated rings. The maximum atomic E-state index is 12.2. The average Bonchev–Trinajstić information content (AvgIpc) is 2.48. The lowest BCUT2D eigenvalue weighted by atomic mass is 9.98. The van der Waals surface area contributed by atoms with Crippen LogP contribution in [0.2, 0.25) is 0 Å². The first-order valence-corrected chi connectivity index (χ1v) is 7.93. The van der Waals surface area contributed by atoms with Gasteiger partial charge in [0.05, 0.1) is 11.5 Å². The lowest BCUT2D eigenvalue weighted by Gasteiger charge is -2.40. The molecule has 23 heavy (non-hydrogen) atoms. The summed E-state index contributed by atoms with van der Waals surface area (Å²) in [5.41, 5.74) is 5.85. The van der Waals surface area contributed by atoms with E-state index in [2.05, 4.69) is 4.72 Å². The third kappa shape index (κ3) is 4.31. The van der Waals surface area contributed by atoms with Crippen LogP contribution in [0.5, 0.6) is 0 Å². The number of ether oxygens (including phenoxy) is 1. The fraction of sp³-hybridized carbons (Fsp3) is 0.500. The number of aliphatic hydroxyl groups excluding tert-OH is 4. The fourth-order valence-corrected chi connectivity index (χ4v) is 3.36. The van der Waals surface area contributed by atoms with E-state index in [9.17, 15) is 23.7 Å². The van der Waals surface area contributed by atoms with Crippen LogP contribution in [-0.2, 0) is 14.8 Å². The van der Waals surface area contributed by atoms with Gasteiger partial charge in [-0.15, -0.1) is 12.4 Å². The van der Waals surface area contributed by atoms with Crippen LogP contribution in [0.15, 0.2) is 29.2 Å². The number of nitrogens with one attached hydrogen (secondary N) is 1. The molecule has 1 heterocycles. The minimum atomic E-state index is -4.07. The molecule has 11 heteroatoms. The Morgan fingerprint density at radius 3 is 2.22 bits per heavy atom. The average molecular weight is 371 g/mol. The molecule has 2 rings (SSSR count). The largest absolute Gasteiger partial charge is 0.399 e. The third-order valence-corrected chi connectivity index (χ3v) is 4.86. The highest BCUT2D eigenvalue weighted by atomic mass is 35.5. The summed E-state index contributed by atoms with van der Waals surface area (Å²) in [4.78, 5) is -0.125. The summed E-state index contributed by atoms with van der Waals surface area (Å²) in [6.45, 7) is -0.632. The van der Waals surface area contributed by atoms with Gasteiger partial charge in [0.15, 0.2) is 6.29 Å². The number of nitrogens with two attached hydrogens (primary N) is 1. The fourth-order valence-electron chi connectivity index (χ4n) is 2.12. The number of aliphatic hydroxyl groups is 4. The Morgan fingerprint density at radius 2 is 1.70 bits per heavy atom. The monoisotopic (exact) mass is 370 g/mol. The summed E-state index contributed by atoms with van der Waals surface area (Å²) in [5, 5.41) is 38.4. The van der Waals surface area contributed by atoms with Crippen molar-refractivity contribution < 1.29 is 33.6 Å². The molecule has 0 aromatic heterocycles. The summed E-state index contributed by atoms with van der Waals surface area (Å²) in [6, 6.07) is 3.80. The summed E-state index contributed by atoms with van der Waals surface area (Å²) >= 11 is 0. The Kier molecular flexibility index (Phi) is 6.74. The van der Waals surface area contributed by atoms with Gasteiger partial charge >= 0.3 is 0 Å². The maximum Gasteiger partial charge on any atom is 0.241 e. The van der Waals surface area contributed by atoms with Crippen molar-refractivity contribution in [1.29, 1.82) is 0 Å². The molecule has 0 saturated carbocycles. The second-order valence-electron chi connectivity index (χ2n) is 4.94. The predicted octanol–water partition coefficient (Wildman–Crippen LogP) is -2.23. The summed E-state index contributed by atoms with van der Waals surface area (Å²) in [7, 11) is -4.07. The Morgan fingerprint density at radius 1 is 1.13 bits per heavy atom. The van der Waals surface area contributed by atoms with Gasteiger partial charge < -0.3 is 30.9 Å². The number of sulfonamides is 1. The highest BCUT2D eigenvalue weighted by molar-refractivity contribution is 7.89. The molecule has 0 aliphatic carbocycles. The molecule has 0 radical (unpaired) electrons. The van der Waals surface area contributed by atoms with Gasteiger partial charge in [-0.05, 0) is 24.3 Å². The molecule has 1 aliphatic rings. The lowest BCUT2D eigenvalue weighted by Crippen LogP contribution is -2.64. The second-order valence-corrected chi connectivity index (χ2v) is 6.66. The zero-order chi connectivity index (χ0) is 16.5. The van der Waals surface area contributed by atoms with Gasteiger partial charge in [-0.2, -0.15) is 0 Å². The third-order valence-electron chi connectivity index (χ3n) is 3.38. The van der Waals surface area contributed by atoms with Crippen molar-refractivity contribution in [2.75, 3.05) is 12.3 Å². The number of benzene rings is 1. The Labute approximate surface area is 139 Å². The molecule has 0 amide bonds. The molecule has 1 saturated heterocycles. The van der Waals surface area contributed by atoms with Crippen LogP contribution >= 0.6 is 12.4 Å². The first-order chi connectivity index (χ1) is 10.3. The Hall–Kier alpha value is -0.980. The van der Waals surface area contributed by atoms with Gasteiger partial charge in [-0.3, -0.25) is 0 Å². The molecule has 1 aromatic carbocycles. The quantitative estimate of drug-likeness (QED) is 0.324.